The monoisotopic (exact) mass is 306 g/mol. The van der Waals surface area contributed by atoms with Crippen LogP contribution in [0.2, 0.25) is 0 Å². The van der Waals surface area contributed by atoms with Crippen molar-refractivity contribution in [2.24, 2.45) is 0 Å². The maximum Gasteiger partial charge on any atom is 0.242 e. The van der Waals surface area contributed by atoms with Crippen LogP contribution in [0.3, 0.4) is 0 Å². The summed E-state index contributed by atoms with van der Waals surface area (Å²) in [7, 11) is -0.403. The summed E-state index contributed by atoms with van der Waals surface area (Å²) in [4.78, 5) is 0.251. The van der Waals surface area contributed by atoms with E-state index in [0.717, 1.165) is 11.3 Å². The summed E-state index contributed by atoms with van der Waals surface area (Å²) in [5.41, 5.74) is 1.57. The van der Waals surface area contributed by atoms with Gasteiger partial charge in [0.25, 0.3) is 0 Å². The van der Waals surface area contributed by atoms with Crippen molar-refractivity contribution in [3.05, 3.63) is 54.1 Å². The van der Waals surface area contributed by atoms with Gasteiger partial charge < -0.3 is 10.4 Å². The molecule has 5 nitrogen and oxygen atoms in total. The molecule has 0 heterocycles. The summed E-state index contributed by atoms with van der Waals surface area (Å²) in [5.74, 6) is 0.233. The minimum Gasteiger partial charge on any atom is -0.508 e. The Labute approximate surface area is 124 Å². The first-order valence-electron chi connectivity index (χ1n) is 6.44. The van der Waals surface area contributed by atoms with Gasteiger partial charge in [-0.1, -0.05) is 18.2 Å². The van der Waals surface area contributed by atoms with Crippen LogP contribution in [-0.2, 0) is 16.6 Å². The molecule has 0 amide bonds. The molecule has 0 aromatic heterocycles. The lowest BCUT2D eigenvalue weighted by Gasteiger charge is -2.12. The molecular formula is C15H18N2O3S. The van der Waals surface area contributed by atoms with Gasteiger partial charge in [0.15, 0.2) is 0 Å². The maximum atomic E-state index is 11.9. The van der Waals surface area contributed by atoms with Gasteiger partial charge in [0, 0.05) is 31.9 Å². The van der Waals surface area contributed by atoms with Crippen molar-refractivity contribution in [2.45, 2.75) is 11.4 Å². The molecule has 6 heteroatoms. The minimum atomic E-state index is -3.40. The van der Waals surface area contributed by atoms with Crippen molar-refractivity contribution in [1.82, 2.24) is 4.31 Å². The van der Waals surface area contributed by atoms with E-state index in [1.807, 2.05) is 12.1 Å². The molecule has 0 radical (unpaired) electrons. The van der Waals surface area contributed by atoms with Crippen LogP contribution in [0.25, 0.3) is 0 Å². The minimum absolute atomic E-state index is 0.233. The van der Waals surface area contributed by atoms with Gasteiger partial charge >= 0.3 is 0 Å². The molecule has 0 saturated heterocycles. The van der Waals surface area contributed by atoms with E-state index < -0.39 is 10.0 Å². The second-order valence-corrected chi connectivity index (χ2v) is 6.95. The van der Waals surface area contributed by atoms with Crippen LogP contribution in [0.1, 0.15) is 5.56 Å². The van der Waals surface area contributed by atoms with Crippen molar-refractivity contribution in [2.75, 3.05) is 19.4 Å². The Balaban J connectivity index is 2.09. The predicted molar refractivity (Wildman–Crippen MR) is 82.7 cm³/mol. The van der Waals surface area contributed by atoms with Crippen molar-refractivity contribution < 1.29 is 13.5 Å². The maximum absolute atomic E-state index is 11.9. The van der Waals surface area contributed by atoms with E-state index in [1.165, 1.54) is 18.4 Å². The first-order valence-corrected chi connectivity index (χ1v) is 7.88. The fraction of sp³-hybridized carbons (Fsp3) is 0.200. The molecule has 0 unspecified atom stereocenters. The Kier molecular flexibility index (Phi) is 4.50. The molecule has 0 bridgehead atoms. The summed E-state index contributed by atoms with van der Waals surface area (Å²) >= 11 is 0. The highest BCUT2D eigenvalue weighted by atomic mass is 32.2. The zero-order chi connectivity index (χ0) is 15.5. The number of hydrogen-bond acceptors (Lipinski definition) is 4. The number of para-hydroxylation sites is 1. The number of anilines is 1. The average Bonchev–Trinajstić information content (AvgIpc) is 2.46. The number of phenols is 1. The molecule has 0 fully saturated rings. The molecular weight excluding hydrogens is 288 g/mol. The highest BCUT2D eigenvalue weighted by Crippen LogP contribution is 2.19. The lowest BCUT2D eigenvalue weighted by molar-refractivity contribution is 0.469. The van der Waals surface area contributed by atoms with Crippen LogP contribution in [0.5, 0.6) is 5.75 Å². The molecule has 0 aliphatic heterocycles. The quantitative estimate of drug-likeness (QED) is 0.889. The molecule has 0 spiro atoms. The Morgan fingerprint density at radius 1 is 1.05 bits per heavy atom. The SMILES string of the molecule is CN(C)S(=O)(=O)c1ccc(NCc2ccccc2O)cc1. The summed E-state index contributed by atoms with van der Waals surface area (Å²) < 4.78 is 25.1. The number of phenolic OH excluding ortho intramolecular Hbond substituents is 1. The number of nitrogens with one attached hydrogen (secondary N) is 1. The van der Waals surface area contributed by atoms with Crippen LogP contribution in [-0.4, -0.2) is 31.9 Å². The topological polar surface area (TPSA) is 69.6 Å². The number of hydrogen-bond donors (Lipinski definition) is 2. The van der Waals surface area contributed by atoms with E-state index in [1.54, 1.807) is 36.4 Å². The fourth-order valence-corrected chi connectivity index (χ4v) is 2.71. The number of rotatable bonds is 5. The molecule has 0 atom stereocenters. The highest BCUT2D eigenvalue weighted by Gasteiger charge is 2.16. The Bertz CT molecular complexity index is 710. The average molecular weight is 306 g/mol. The lowest BCUT2D eigenvalue weighted by Crippen LogP contribution is -2.22. The fourth-order valence-electron chi connectivity index (χ4n) is 1.81. The van der Waals surface area contributed by atoms with Crippen LogP contribution in [0.15, 0.2) is 53.4 Å². The van der Waals surface area contributed by atoms with Gasteiger partial charge in [0.1, 0.15) is 5.75 Å². The lowest BCUT2D eigenvalue weighted by atomic mass is 10.2. The van der Waals surface area contributed by atoms with Crippen LogP contribution >= 0.6 is 0 Å². The standard InChI is InChI=1S/C15H18N2O3S/c1-17(2)21(19,20)14-9-7-13(8-10-14)16-11-12-5-3-4-6-15(12)18/h3-10,16,18H,11H2,1-2H3. The Morgan fingerprint density at radius 3 is 2.24 bits per heavy atom. The van der Waals surface area contributed by atoms with Gasteiger partial charge in [-0.3, -0.25) is 0 Å². The molecule has 2 N–H and O–H groups in total. The van der Waals surface area contributed by atoms with Gasteiger partial charge in [-0.05, 0) is 30.3 Å². The second kappa shape index (κ2) is 6.15. The third-order valence-electron chi connectivity index (χ3n) is 3.11. The number of sulfonamides is 1. The van der Waals surface area contributed by atoms with Crippen molar-refractivity contribution >= 4 is 15.7 Å². The molecule has 0 aliphatic carbocycles. The Hall–Kier alpha value is -2.05. The van der Waals surface area contributed by atoms with Gasteiger partial charge in [0.2, 0.25) is 10.0 Å². The van der Waals surface area contributed by atoms with E-state index in [4.69, 9.17) is 0 Å². The van der Waals surface area contributed by atoms with Crippen LogP contribution in [0.4, 0.5) is 5.69 Å². The number of benzene rings is 2. The zero-order valence-corrected chi connectivity index (χ0v) is 12.8. The summed E-state index contributed by atoms with van der Waals surface area (Å²) in [6.07, 6.45) is 0. The molecule has 2 rings (SSSR count). The van der Waals surface area contributed by atoms with Crippen molar-refractivity contribution in [3.8, 4) is 5.75 Å². The molecule has 2 aromatic carbocycles. The summed E-state index contributed by atoms with van der Waals surface area (Å²) in [6, 6.07) is 13.6. The van der Waals surface area contributed by atoms with Crippen molar-refractivity contribution in [3.63, 3.8) is 0 Å². The molecule has 0 aliphatic rings. The van der Waals surface area contributed by atoms with Crippen LogP contribution < -0.4 is 5.32 Å². The first-order chi connectivity index (χ1) is 9.91. The number of aromatic hydroxyl groups is 1. The smallest absolute Gasteiger partial charge is 0.242 e. The molecule has 21 heavy (non-hydrogen) atoms. The predicted octanol–water partition coefficient (Wildman–Crippen LogP) is 2.25. The van der Waals surface area contributed by atoms with Crippen molar-refractivity contribution in [1.29, 1.82) is 0 Å². The molecule has 2 aromatic rings. The Morgan fingerprint density at radius 2 is 1.67 bits per heavy atom. The second-order valence-electron chi connectivity index (χ2n) is 4.79. The molecule has 112 valence electrons. The normalized spacial score (nSPS) is 11.6. The van der Waals surface area contributed by atoms with Gasteiger partial charge in [-0.2, -0.15) is 0 Å². The van der Waals surface area contributed by atoms with E-state index in [2.05, 4.69) is 5.32 Å². The zero-order valence-electron chi connectivity index (χ0n) is 11.9. The van der Waals surface area contributed by atoms with E-state index in [-0.39, 0.29) is 10.6 Å². The van der Waals surface area contributed by atoms with Gasteiger partial charge in [-0.15, -0.1) is 0 Å². The molecule has 0 saturated carbocycles. The third kappa shape index (κ3) is 3.53. The van der Waals surface area contributed by atoms with E-state index >= 15 is 0 Å². The summed E-state index contributed by atoms with van der Waals surface area (Å²) in [5, 5.41) is 12.8. The van der Waals surface area contributed by atoms with Gasteiger partial charge in [0.05, 0.1) is 4.90 Å². The highest BCUT2D eigenvalue weighted by molar-refractivity contribution is 7.89. The third-order valence-corrected chi connectivity index (χ3v) is 4.94. The van der Waals surface area contributed by atoms with E-state index in [9.17, 15) is 13.5 Å². The first kappa shape index (κ1) is 15.3. The summed E-state index contributed by atoms with van der Waals surface area (Å²) in [6.45, 7) is 0.465. The van der Waals surface area contributed by atoms with Gasteiger partial charge in [-0.25, -0.2) is 12.7 Å². The number of nitrogens with zero attached hydrogens (tertiary/aromatic N) is 1. The van der Waals surface area contributed by atoms with E-state index in [0.29, 0.717) is 6.54 Å². The largest absolute Gasteiger partial charge is 0.508 e. The van der Waals surface area contributed by atoms with Crippen LogP contribution in [0, 0.1) is 0 Å².